The second kappa shape index (κ2) is 8.48. The summed E-state index contributed by atoms with van der Waals surface area (Å²) in [6, 6.07) is 5.49. The standard InChI is InChI=1S/C24H33N5O3/c1-24(6-8-25-9-7-24)16-27-10-12-28(13-11-27)18-2-3-19-17(14-18)15-29(23(19)32)20-4-5-21(30)26-22(20)31/h2-3,14,20,25H,4-13,15-16H2,1H3,(H,26,30,31)/t20-/m0/s1. The van der Waals surface area contributed by atoms with Crippen LogP contribution in [0.15, 0.2) is 18.2 Å². The number of nitrogens with one attached hydrogen (secondary N) is 2. The summed E-state index contributed by atoms with van der Waals surface area (Å²) < 4.78 is 0. The third kappa shape index (κ3) is 4.13. The summed E-state index contributed by atoms with van der Waals surface area (Å²) >= 11 is 0. The van der Waals surface area contributed by atoms with E-state index >= 15 is 0 Å². The second-order valence-electron chi connectivity index (χ2n) is 10.1. The molecule has 3 fully saturated rings. The van der Waals surface area contributed by atoms with Crippen molar-refractivity contribution in [1.29, 1.82) is 0 Å². The summed E-state index contributed by atoms with van der Waals surface area (Å²) in [5.74, 6) is -0.728. The van der Waals surface area contributed by atoms with Crippen LogP contribution in [0.4, 0.5) is 5.69 Å². The molecule has 5 rings (SSSR count). The number of rotatable bonds is 4. The Bertz CT molecular complexity index is 918. The molecule has 0 unspecified atom stereocenters. The lowest BCUT2D eigenvalue weighted by Gasteiger charge is -2.42. The second-order valence-corrected chi connectivity index (χ2v) is 10.1. The molecule has 0 radical (unpaired) electrons. The average molecular weight is 440 g/mol. The van der Waals surface area contributed by atoms with Crippen molar-refractivity contribution in [2.45, 2.75) is 45.2 Å². The minimum atomic E-state index is -0.559. The number of benzene rings is 1. The number of carbonyl (C=O) groups excluding carboxylic acids is 3. The first kappa shape index (κ1) is 21.4. The molecule has 8 heteroatoms. The van der Waals surface area contributed by atoms with Crippen LogP contribution < -0.4 is 15.5 Å². The summed E-state index contributed by atoms with van der Waals surface area (Å²) in [7, 11) is 0. The summed E-state index contributed by atoms with van der Waals surface area (Å²) in [5.41, 5.74) is 3.22. The first-order chi connectivity index (χ1) is 15.4. The van der Waals surface area contributed by atoms with Gasteiger partial charge in [0.25, 0.3) is 5.91 Å². The molecule has 0 saturated carbocycles. The van der Waals surface area contributed by atoms with Gasteiger partial charge in [0.05, 0.1) is 0 Å². The number of piperazine rings is 1. The van der Waals surface area contributed by atoms with Crippen LogP contribution in [0, 0.1) is 5.41 Å². The number of hydrogen-bond donors (Lipinski definition) is 2. The minimum Gasteiger partial charge on any atom is -0.369 e. The monoisotopic (exact) mass is 439 g/mol. The normalized spacial score (nSPS) is 26.3. The maximum atomic E-state index is 12.9. The molecule has 172 valence electrons. The van der Waals surface area contributed by atoms with Crippen LogP contribution in [0.25, 0.3) is 0 Å². The van der Waals surface area contributed by atoms with Crippen LogP contribution in [-0.2, 0) is 16.1 Å². The predicted molar refractivity (Wildman–Crippen MR) is 121 cm³/mol. The van der Waals surface area contributed by atoms with Gasteiger partial charge in [0.1, 0.15) is 6.04 Å². The van der Waals surface area contributed by atoms with E-state index in [2.05, 4.69) is 33.4 Å². The Balaban J connectivity index is 1.21. The van der Waals surface area contributed by atoms with Gasteiger partial charge in [-0.2, -0.15) is 0 Å². The van der Waals surface area contributed by atoms with E-state index < -0.39 is 6.04 Å². The molecular weight excluding hydrogens is 406 g/mol. The number of nitrogens with zero attached hydrogens (tertiary/aromatic N) is 3. The Morgan fingerprint density at radius 1 is 1.06 bits per heavy atom. The topological polar surface area (TPSA) is 85.0 Å². The van der Waals surface area contributed by atoms with Crippen LogP contribution >= 0.6 is 0 Å². The fourth-order valence-corrected chi connectivity index (χ4v) is 5.65. The van der Waals surface area contributed by atoms with Crippen LogP contribution in [0.5, 0.6) is 0 Å². The Labute approximate surface area is 189 Å². The lowest BCUT2D eigenvalue weighted by Crippen LogP contribution is -2.52. The van der Waals surface area contributed by atoms with E-state index in [-0.39, 0.29) is 24.1 Å². The van der Waals surface area contributed by atoms with E-state index in [1.54, 1.807) is 4.90 Å². The Kier molecular flexibility index (Phi) is 5.67. The van der Waals surface area contributed by atoms with E-state index in [9.17, 15) is 14.4 Å². The van der Waals surface area contributed by atoms with Crippen molar-refractivity contribution in [1.82, 2.24) is 20.4 Å². The number of fused-ring (bicyclic) bond motifs is 1. The molecule has 1 aromatic carbocycles. The molecule has 1 atom stereocenters. The highest BCUT2D eigenvalue weighted by Crippen LogP contribution is 2.32. The number of hydrogen-bond acceptors (Lipinski definition) is 6. The molecule has 8 nitrogen and oxygen atoms in total. The highest BCUT2D eigenvalue weighted by atomic mass is 16.2. The zero-order valence-electron chi connectivity index (χ0n) is 18.9. The van der Waals surface area contributed by atoms with Crippen LogP contribution in [-0.4, -0.2) is 79.4 Å². The van der Waals surface area contributed by atoms with E-state index in [0.29, 0.717) is 23.9 Å². The lowest BCUT2D eigenvalue weighted by atomic mass is 9.80. The number of amides is 3. The van der Waals surface area contributed by atoms with Crippen molar-refractivity contribution in [3.8, 4) is 0 Å². The van der Waals surface area contributed by atoms with Gasteiger partial charge in [-0.1, -0.05) is 6.92 Å². The summed E-state index contributed by atoms with van der Waals surface area (Å²) in [6.07, 6.45) is 3.17. The molecule has 0 aromatic heterocycles. The van der Waals surface area contributed by atoms with Gasteiger partial charge in [-0.15, -0.1) is 0 Å². The van der Waals surface area contributed by atoms with E-state index in [1.165, 1.54) is 19.4 Å². The van der Waals surface area contributed by atoms with Crippen molar-refractivity contribution >= 4 is 23.4 Å². The molecule has 0 spiro atoms. The van der Waals surface area contributed by atoms with Gasteiger partial charge in [-0.25, -0.2) is 0 Å². The molecule has 4 aliphatic heterocycles. The zero-order chi connectivity index (χ0) is 22.3. The van der Waals surface area contributed by atoms with Gasteiger partial charge < -0.3 is 15.1 Å². The first-order valence-corrected chi connectivity index (χ1v) is 11.9. The number of piperidine rings is 2. The van der Waals surface area contributed by atoms with Gasteiger partial charge >= 0.3 is 0 Å². The molecule has 2 N–H and O–H groups in total. The fraction of sp³-hybridized carbons (Fsp3) is 0.625. The largest absolute Gasteiger partial charge is 0.369 e. The first-order valence-electron chi connectivity index (χ1n) is 11.9. The highest BCUT2D eigenvalue weighted by Gasteiger charge is 2.39. The van der Waals surface area contributed by atoms with Crippen molar-refractivity contribution in [2.24, 2.45) is 5.41 Å². The van der Waals surface area contributed by atoms with Gasteiger partial charge in [0.15, 0.2) is 0 Å². The number of imide groups is 1. The molecule has 4 heterocycles. The predicted octanol–water partition coefficient (Wildman–Crippen LogP) is 0.959. The Morgan fingerprint density at radius 2 is 1.81 bits per heavy atom. The molecule has 32 heavy (non-hydrogen) atoms. The van der Waals surface area contributed by atoms with Crippen molar-refractivity contribution in [3.63, 3.8) is 0 Å². The van der Waals surface area contributed by atoms with Crippen molar-refractivity contribution < 1.29 is 14.4 Å². The van der Waals surface area contributed by atoms with Gasteiger partial charge in [0.2, 0.25) is 11.8 Å². The van der Waals surface area contributed by atoms with E-state index in [0.717, 1.165) is 50.5 Å². The van der Waals surface area contributed by atoms with Gasteiger partial charge in [-0.3, -0.25) is 24.6 Å². The van der Waals surface area contributed by atoms with Crippen molar-refractivity contribution in [3.05, 3.63) is 29.3 Å². The fourth-order valence-electron chi connectivity index (χ4n) is 5.65. The summed E-state index contributed by atoms with van der Waals surface area (Å²) in [5, 5.41) is 5.83. The molecular formula is C24H33N5O3. The molecule has 0 aliphatic carbocycles. The van der Waals surface area contributed by atoms with Crippen LogP contribution in [0.1, 0.15) is 48.5 Å². The highest BCUT2D eigenvalue weighted by molar-refractivity contribution is 6.05. The number of carbonyl (C=O) groups is 3. The lowest BCUT2D eigenvalue weighted by molar-refractivity contribution is -0.136. The quantitative estimate of drug-likeness (QED) is 0.680. The van der Waals surface area contributed by atoms with E-state index in [4.69, 9.17) is 0 Å². The van der Waals surface area contributed by atoms with E-state index in [1.807, 2.05) is 12.1 Å². The van der Waals surface area contributed by atoms with Gasteiger partial charge in [-0.05, 0) is 61.5 Å². The molecule has 0 bridgehead atoms. The SMILES string of the molecule is CC1(CN2CCN(c3ccc4c(c3)CN([C@H]3CCC(=O)NC3=O)C4=O)CC2)CCNCC1. The Morgan fingerprint density at radius 3 is 2.53 bits per heavy atom. The molecule has 3 saturated heterocycles. The zero-order valence-corrected chi connectivity index (χ0v) is 18.9. The maximum Gasteiger partial charge on any atom is 0.255 e. The average Bonchev–Trinajstić information content (AvgIpc) is 3.10. The third-order valence-electron chi connectivity index (χ3n) is 7.66. The third-order valence-corrected chi connectivity index (χ3v) is 7.66. The van der Waals surface area contributed by atoms with Crippen LogP contribution in [0.3, 0.4) is 0 Å². The molecule has 3 amide bonds. The minimum absolute atomic E-state index is 0.110. The van der Waals surface area contributed by atoms with Gasteiger partial charge in [0, 0.05) is 56.9 Å². The Hall–Kier alpha value is -2.45. The van der Waals surface area contributed by atoms with Crippen LogP contribution in [0.2, 0.25) is 0 Å². The van der Waals surface area contributed by atoms with Crippen molar-refractivity contribution in [2.75, 3.05) is 50.7 Å². The maximum absolute atomic E-state index is 12.9. The summed E-state index contributed by atoms with van der Waals surface area (Å²) in [4.78, 5) is 43.2. The molecule has 4 aliphatic rings. The number of anilines is 1. The summed E-state index contributed by atoms with van der Waals surface area (Å²) in [6.45, 7) is 10.4. The molecule has 1 aromatic rings. The smallest absolute Gasteiger partial charge is 0.255 e.